The summed E-state index contributed by atoms with van der Waals surface area (Å²) >= 11 is 0. The molecule has 90 valence electrons. The quantitative estimate of drug-likeness (QED) is 0.639. The molecule has 3 nitrogen and oxygen atoms in total. The number of hydrogen-bond donors (Lipinski definition) is 1. The Labute approximate surface area is 101 Å². The van der Waals surface area contributed by atoms with Gasteiger partial charge in [-0.05, 0) is 42.9 Å². The summed E-state index contributed by atoms with van der Waals surface area (Å²) in [4.78, 5) is 4.95. The molecule has 2 aliphatic carbocycles. The van der Waals surface area contributed by atoms with Crippen molar-refractivity contribution in [2.75, 3.05) is 7.11 Å². The second kappa shape index (κ2) is 4.06. The van der Waals surface area contributed by atoms with Crippen molar-refractivity contribution in [3.05, 3.63) is 29.8 Å². The maximum absolute atomic E-state index is 9.48. The van der Waals surface area contributed by atoms with Crippen molar-refractivity contribution >= 4 is 5.71 Å². The SMILES string of the molecule is CON=C(C1CC1)C1CC1c1cccc(O)c1. The molecule has 17 heavy (non-hydrogen) atoms. The minimum absolute atomic E-state index is 0.352. The van der Waals surface area contributed by atoms with Gasteiger partial charge in [-0.15, -0.1) is 0 Å². The molecule has 0 aliphatic heterocycles. The molecule has 2 fully saturated rings. The Hall–Kier alpha value is -1.51. The first-order chi connectivity index (χ1) is 8.29. The van der Waals surface area contributed by atoms with Crippen LogP contribution in [0.3, 0.4) is 0 Å². The van der Waals surface area contributed by atoms with Crippen molar-refractivity contribution in [3.8, 4) is 5.75 Å². The molecule has 0 aromatic heterocycles. The molecule has 0 spiro atoms. The zero-order chi connectivity index (χ0) is 11.8. The molecule has 3 rings (SSSR count). The first kappa shape index (κ1) is 10.6. The van der Waals surface area contributed by atoms with E-state index in [0.29, 0.717) is 23.5 Å². The Kier molecular flexibility index (Phi) is 2.54. The lowest BCUT2D eigenvalue weighted by atomic mass is 10.0. The van der Waals surface area contributed by atoms with E-state index in [-0.39, 0.29) is 0 Å². The molecule has 2 saturated carbocycles. The van der Waals surface area contributed by atoms with Gasteiger partial charge in [0, 0.05) is 11.8 Å². The van der Waals surface area contributed by atoms with Gasteiger partial charge < -0.3 is 9.94 Å². The van der Waals surface area contributed by atoms with Gasteiger partial charge >= 0.3 is 0 Å². The topological polar surface area (TPSA) is 41.8 Å². The average Bonchev–Trinajstić information content (AvgIpc) is 3.19. The average molecular weight is 231 g/mol. The Bertz CT molecular complexity index is 451. The molecule has 1 aromatic rings. The summed E-state index contributed by atoms with van der Waals surface area (Å²) in [6, 6.07) is 7.57. The van der Waals surface area contributed by atoms with Crippen LogP contribution in [0, 0.1) is 11.8 Å². The Morgan fingerprint density at radius 2 is 2.24 bits per heavy atom. The Morgan fingerprint density at radius 1 is 1.41 bits per heavy atom. The van der Waals surface area contributed by atoms with Crippen LogP contribution in [0.4, 0.5) is 0 Å². The summed E-state index contributed by atoms with van der Waals surface area (Å²) in [6.45, 7) is 0. The molecule has 3 heteroatoms. The van der Waals surface area contributed by atoms with Gasteiger partial charge in [0.1, 0.15) is 12.9 Å². The van der Waals surface area contributed by atoms with E-state index in [2.05, 4.69) is 11.2 Å². The first-order valence-corrected chi connectivity index (χ1v) is 6.19. The van der Waals surface area contributed by atoms with Crippen LogP contribution in [0.2, 0.25) is 0 Å². The minimum atomic E-state index is 0.352. The number of phenolic OH excluding ortho intramolecular Hbond substituents is 1. The molecule has 0 saturated heterocycles. The van der Waals surface area contributed by atoms with E-state index in [9.17, 15) is 5.11 Å². The number of hydrogen-bond acceptors (Lipinski definition) is 3. The molecule has 0 radical (unpaired) electrons. The third kappa shape index (κ3) is 2.14. The van der Waals surface area contributed by atoms with Crippen LogP contribution in [0.15, 0.2) is 29.4 Å². The predicted molar refractivity (Wildman–Crippen MR) is 66.1 cm³/mol. The lowest BCUT2D eigenvalue weighted by Gasteiger charge is -2.04. The predicted octanol–water partition coefficient (Wildman–Crippen LogP) is 2.91. The van der Waals surface area contributed by atoms with Crippen molar-refractivity contribution in [2.24, 2.45) is 17.0 Å². The second-order valence-corrected chi connectivity index (χ2v) is 5.02. The monoisotopic (exact) mass is 231 g/mol. The summed E-state index contributed by atoms with van der Waals surface area (Å²) in [5, 5.41) is 13.7. The van der Waals surface area contributed by atoms with Crippen molar-refractivity contribution in [2.45, 2.75) is 25.2 Å². The maximum Gasteiger partial charge on any atom is 0.115 e. The first-order valence-electron chi connectivity index (χ1n) is 6.19. The Balaban J connectivity index is 1.75. The van der Waals surface area contributed by atoms with Gasteiger partial charge in [-0.3, -0.25) is 0 Å². The van der Waals surface area contributed by atoms with Gasteiger partial charge in [0.05, 0.1) is 5.71 Å². The van der Waals surface area contributed by atoms with Crippen LogP contribution >= 0.6 is 0 Å². The highest BCUT2D eigenvalue weighted by Crippen LogP contribution is 2.53. The van der Waals surface area contributed by atoms with Crippen LogP contribution in [-0.4, -0.2) is 17.9 Å². The third-order valence-corrected chi connectivity index (χ3v) is 3.66. The highest BCUT2D eigenvalue weighted by atomic mass is 16.6. The van der Waals surface area contributed by atoms with E-state index < -0.39 is 0 Å². The summed E-state index contributed by atoms with van der Waals surface area (Å²) in [5.41, 5.74) is 2.46. The van der Waals surface area contributed by atoms with Crippen LogP contribution < -0.4 is 0 Å². The van der Waals surface area contributed by atoms with Gasteiger partial charge in [-0.1, -0.05) is 17.3 Å². The molecule has 2 unspecified atom stereocenters. The van der Waals surface area contributed by atoms with E-state index >= 15 is 0 Å². The summed E-state index contributed by atoms with van der Waals surface area (Å²) < 4.78 is 0. The number of nitrogens with zero attached hydrogens (tertiary/aromatic N) is 1. The van der Waals surface area contributed by atoms with Gasteiger partial charge in [0.15, 0.2) is 0 Å². The normalized spacial score (nSPS) is 27.9. The van der Waals surface area contributed by atoms with Gasteiger partial charge in [0.2, 0.25) is 0 Å². The van der Waals surface area contributed by atoms with E-state index in [1.165, 1.54) is 24.1 Å². The molecule has 1 N–H and O–H groups in total. The van der Waals surface area contributed by atoms with Crippen LogP contribution in [0.5, 0.6) is 5.75 Å². The van der Waals surface area contributed by atoms with Crippen molar-refractivity contribution < 1.29 is 9.94 Å². The van der Waals surface area contributed by atoms with Crippen LogP contribution in [0.1, 0.15) is 30.7 Å². The van der Waals surface area contributed by atoms with E-state index in [1.807, 2.05) is 12.1 Å². The lowest BCUT2D eigenvalue weighted by Crippen LogP contribution is -2.06. The standard InChI is InChI=1S/C14H17NO2/c1-17-15-14(9-5-6-9)13-8-12(13)10-3-2-4-11(16)7-10/h2-4,7,9,12-13,16H,5-6,8H2,1H3. The maximum atomic E-state index is 9.48. The largest absolute Gasteiger partial charge is 0.508 e. The highest BCUT2D eigenvalue weighted by molar-refractivity contribution is 5.93. The zero-order valence-electron chi connectivity index (χ0n) is 9.97. The van der Waals surface area contributed by atoms with Crippen LogP contribution in [0.25, 0.3) is 0 Å². The van der Waals surface area contributed by atoms with Gasteiger partial charge in [-0.2, -0.15) is 0 Å². The number of oxime groups is 1. The molecule has 0 heterocycles. The van der Waals surface area contributed by atoms with Crippen molar-refractivity contribution in [1.29, 1.82) is 0 Å². The van der Waals surface area contributed by atoms with E-state index in [0.717, 1.165) is 6.42 Å². The molecule has 2 atom stereocenters. The molecular weight excluding hydrogens is 214 g/mol. The number of rotatable bonds is 4. The fourth-order valence-corrected chi connectivity index (χ4v) is 2.58. The van der Waals surface area contributed by atoms with Gasteiger partial charge in [0.25, 0.3) is 0 Å². The molecule has 0 bridgehead atoms. The summed E-state index contributed by atoms with van der Waals surface area (Å²) in [6.07, 6.45) is 3.65. The highest BCUT2D eigenvalue weighted by Gasteiger charge is 2.47. The summed E-state index contributed by atoms with van der Waals surface area (Å²) in [5.74, 6) is 2.06. The molecular formula is C14H17NO2. The minimum Gasteiger partial charge on any atom is -0.508 e. The fourth-order valence-electron chi connectivity index (χ4n) is 2.58. The molecule has 2 aliphatic rings. The molecule has 1 aromatic carbocycles. The Morgan fingerprint density at radius 3 is 2.88 bits per heavy atom. The van der Waals surface area contributed by atoms with Crippen LogP contribution in [-0.2, 0) is 4.84 Å². The number of phenols is 1. The fraction of sp³-hybridized carbons (Fsp3) is 0.500. The molecule has 0 amide bonds. The zero-order valence-corrected chi connectivity index (χ0v) is 9.97. The van der Waals surface area contributed by atoms with Crippen molar-refractivity contribution in [3.63, 3.8) is 0 Å². The summed E-state index contributed by atoms with van der Waals surface area (Å²) in [7, 11) is 1.62. The number of aromatic hydroxyl groups is 1. The van der Waals surface area contributed by atoms with Crippen molar-refractivity contribution in [1.82, 2.24) is 0 Å². The number of benzene rings is 1. The van der Waals surface area contributed by atoms with Gasteiger partial charge in [-0.25, -0.2) is 0 Å². The third-order valence-electron chi connectivity index (χ3n) is 3.66. The van der Waals surface area contributed by atoms with E-state index in [4.69, 9.17) is 4.84 Å². The smallest absolute Gasteiger partial charge is 0.115 e. The lowest BCUT2D eigenvalue weighted by molar-refractivity contribution is 0.211. The van der Waals surface area contributed by atoms with E-state index in [1.54, 1.807) is 13.2 Å². The second-order valence-electron chi connectivity index (χ2n) is 5.02.